The second-order valence-corrected chi connectivity index (χ2v) is 6.22. The number of hydroxylamine groups is 1. The number of para-hydroxylation sites is 1. The molecule has 3 aromatic carbocycles. The van der Waals surface area contributed by atoms with Crippen LogP contribution in [0.4, 0.5) is 10.5 Å². The Morgan fingerprint density at radius 3 is 2.38 bits per heavy atom. The molecule has 7 nitrogen and oxygen atoms in total. The van der Waals surface area contributed by atoms with Crippen molar-refractivity contribution in [2.75, 3.05) is 5.32 Å². The molecular weight excluding hydrogens is 372 g/mol. The normalized spacial score (nSPS) is 11.9. The van der Waals surface area contributed by atoms with E-state index < -0.39 is 18.1 Å². The van der Waals surface area contributed by atoms with E-state index in [4.69, 9.17) is 9.94 Å². The molecule has 0 aliphatic carbocycles. The van der Waals surface area contributed by atoms with Crippen LogP contribution >= 0.6 is 0 Å². The number of ether oxygens (including phenoxy) is 1. The van der Waals surface area contributed by atoms with E-state index in [0.29, 0.717) is 16.6 Å². The summed E-state index contributed by atoms with van der Waals surface area (Å²) in [5.74, 6) is -0.569. The number of rotatable bonds is 6. The van der Waals surface area contributed by atoms with E-state index >= 15 is 0 Å². The number of benzene rings is 3. The number of hydrogen-bond donors (Lipinski definition) is 4. The van der Waals surface area contributed by atoms with Crippen molar-refractivity contribution >= 4 is 28.5 Å². The fraction of sp³-hybridized carbons (Fsp3) is 0.0909. The highest BCUT2D eigenvalue weighted by molar-refractivity contribution is 5.92. The quantitative estimate of drug-likeness (QED) is 0.284. The number of aromatic hydroxyl groups is 1. The zero-order chi connectivity index (χ0) is 20.6. The molecule has 29 heavy (non-hydrogen) atoms. The van der Waals surface area contributed by atoms with Crippen molar-refractivity contribution in [1.29, 1.82) is 0 Å². The number of hydrogen-bond acceptors (Lipinski definition) is 5. The SMILES string of the molecule is O=C(/C=C/C[C@@H](OC(=O)Nc1ccccc1)c1ccc(O)c2ccccc12)NO. The number of phenols is 1. The number of phenolic OH excluding ortho intramolecular Hbond substituents is 1. The van der Waals surface area contributed by atoms with Gasteiger partial charge in [-0.1, -0.05) is 54.6 Å². The van der Waals surface area contributed by atoms with Gasteiger partial charge in [0.25, 0.3) is 5.91 Å². The molecule has 1 atom stereocenters. The molecule has 0 spiro atoms. The lowest BCUT2D eigenvalue weighted by atomic mass is 9.97. The van der Waals surface area contributed by atoms with Gasteiger partial charge >= 0.3 is 6.09 Å². The number of carbonyl (C=O) groups excluding carboxylic acids is 2. The van der Waals surface area contributed by atoms with Crippen molar-refractivity contribution < 1.29 is 24.6 Å². The number of amides is 2. The first-order chi connectivity index (χ1) is 14.1. The Labute approximate surface area is 167 Å². The van der Waals surface area contributed by atoms with Crippen LogP contribution in [-0.4, -0.2) is 22.3 Å². The van der Waals surface area contributed by atoms with Crippen LogP contribution in [0.5, 0.6) is 5.75 Å². The van der Waals surface area contributed by atoms with Crippen molar-refractivity contribution in [3.05, 3.63) is 84.4 Å². The third-order valence-corrected chi connectivity index (χ3v) is 4.28. The van der Waals surface area contributed by atoms with Crippen LogP contribution in [0, 0.1) is 0 Å². The van der Waals surface area contributed by atoms with E-state index in [1.807, 2.05) is 18.2 Å². The summed E-state index contributed by atoms with van der Waals surface area (Å²) in [7, 11) is 0. The standard InChI is InChI=1S/C22H20N2O5/c25-19-14-13-18(16-9-4-5-10-17(16)19)20(11-6-12-21(26)24-28)29-22(27)23-15-7-2-1-3-8-15/h1-10,12-14,20,25,28H,11H2,(H,23,27)(H,24,26)/b12-6+/t20-/m1/s1. The lowest BCUT2D eigenvalue weighted by Crippen LogP contribution is -2.18. The third-order valence-electron chi connectivity index (χ3n) is 4.28. The summed E-state index contributed by atoms with van der Waals surface area (Å²) >= 11 is 0. The first-order valence-corrected chi connectivity index (χ1v) is 8.92. The summed E-state index contributed by atoms with van der Waals surface area (Å²) in [6, 6.07) is 19.3. The van der Waals surface area contributed by atoms with E-state index in [9.17, 15) is 14.7 Å². The van der Waals surface area contributed by atoms with Gasteiger partial charge in [-0.3, -0.25) is 15.3 Å². The van der Waals surface area contributed by atoms with E-state index in [2.05, 4.69) is 5.32 Å². The first-order valence-electron chi connectivity index (χ1n) is 8.92. The van der Waals surface area contributed by atoms with E-state index in [1.165, 1.54) is 17.6 Å². The van der Waals surface area contributed by atoms with E-state index in [0.717, 1.165) is 11.5 Å². The Morgan fingerprint density at radius 2 is 1.66 bits per heavy atom. The van der Waals surface area contributed by atoms with Gasteiger partial charge in [0.1, 0.15) is 11.9 Å². The van der Waals surface area contributed by atoms with Crippen molar-refractivity contribution in [2.45, 2.75) is 12.5 Å². The molecule has 2 amide bonds. The van der Waals surface area contributed by atoms with Crippen LogP contribution in [0.3, 0.4) is 0 Å². The van der Waals surface area contributed by atoms with Gasteiger partial charge in [0, 0.05) is 29.1 Å². The average molecular weight is 392 g/mol. The Kier molecular flexibility index (Phi) is 6.44. The van der Waals surface area contributed by atoms with Gasteiger partial charge < -0.3 is 9.84 Å². The number of nitrogens with one attached hydrogen (secondary N) is 2. The molecule has 4 N–H and O–H groups in total. The zero-order valence-electron chi connectivity index (χ0n) is 15.4. The molecule has 0 aliphatic heterocycles. The lowest BCUT2D eigenvalue weighted by Gasteiger charge is -2.19. The van der Waals surface area contributed by atoms with Crippen molar-refractivity contribution in [3.63, 3.8) is 0 Å². The van der Waals surface area contributed by atoms with Crippen molar-refractivity contribution in [2.24, 2.45) is 0 Å². The molecule has 0 bridgehead atoms. The minimum Gasteiger partial charge on any atom is -0.507 e. The summed E-state index contributed by atoms with van der Waals surface area (Å²) in [6.07, 6.45) is 1.44. The molecule has 0 unspecified atom stereocenters. The molecule has 0 saturated heterocycles. The summed E-state index contributed by atoms with van der Waals surface area (Å²) in [5.41, 5.74) is 2.77. The zero-order valence-corrected chi connectivity index (χ0v) is 15.4. The van der Waals surface area contributed by atoms with Crippen LogP contribution in [0.25, 0.3) is 10.8 Å². The van der Waals surface area contributed by atoms with Crippen LogP contribution < -0.4 is 10.8 Å². The first kappa shape index (κ1) is 19.9. The van der Waals surface area contributed by atoms with Gasteiger partial charge in [-0.2, -0.15) is 0 Å². The molecule has 148 valence electrons. The minimum absolute atomic E-state index is 0.118. The predicted octanol–water partition coefficient (Wildman–Crippen LogP) is 4.29. The smallest absolute Gasteiger partial charge is 0.412 e. The molecule has 0 fully saturated rings. The fourth-order valence-electron chi connectivity index (χ4n) is 2.96. The Bertz CT molecular complexity index is 1030. The van der Waals surface area contributed by atoms with Gasteiger partial charge in [0.05, 0.1) is 0 Å². The van der Waals surface area contributed by atoms with Crippen LogP contribution in [0.1, 0.15) is 18.1 Å². The number of anilines is 1. The Morgan fingerprint density at radius 1 is 0.966 bits per heavy atom. The topological polar surface area (TPSA) is 108 Å². The molecule has 3 rings (SSSR count). The monoisotopic (exact) mass is 392 g/mol. The highest BCUT2D eigenvalue weighted by Gasteiger charge is 2.19. The fourth-order valence-corrected chi connectivity index (χ4v) is 2.96. The minimum atomic E-state index is -0.730. The van der Waals surface area contributed by atoms with Crippen LogP contribution in [0.15, 0.2) is 78.9 Å². The molecule has 3 aromatic rings. The predicted molar refractivity (Wildman–Crippen MR) is 109 cm³/mol. The van der Waals surface area contributed by atoms with Gasteiger partial charge in [0.15, 0.2) is 0 Å². The van der Waals surface area contributed by atoms with Gasteiger partial charge in [-0.05, 0) is 23.6 Å². The summed E-state index contributed by atoms with van der Waals surface area (Å²) < 4.78 is 5.63. The molecule has 0 aromatic heterocycles. The van der Waals surface area contributed by atoms with Gasteiger partial charge in [0.2, 0.25) is 0 Å². The maximum absolute atomic E-state index is 12.4. The maximum atomic E-state index is 12.4. The van der Waals surface area contributed by atoms with Crippen molar-refractivity contribution in [1.82, 2.24) is 5.48 Å². The number of fused-ring (bicyclic) bond motifs is 1. The highest BCUT2D eigenvalue weighted by Crippen LogP contribution is 2.34. The molecular formula is C22H20N2O5. The van der Waals surface area contributed by atoms with E-state index in [1.54, 1.807) is 42.5 Å². The number of carbonyl (C=O) groups is 2. The highest BCUT2D eigenvalue weighted by atomic mass is 16.6. The third kappa shape index (κ3) is 5.12. The van der Waals surface area contributed by atoms with Crippen LogP contribution in [0.2, 0.25) is 0 Å². The molecule has 7 heteroatoms. The second kappa shape index (κ2) is 9.38. The Hall–Kier alpha value is -3.84. The molecule has 0 heterocycles. The summed E-state index contributed by atoms with van der Waals surface area (Å²) in [4.78, 5) is 23.7. The van der Waals surface area contributed by atoms with Crippen LogP contribution in [-0.2, 0) is 9.53 Å². The van der Waals surface area contributed by atoms with Gasteiger partial charge in [-0.15, -0.1) is 0 Å². The van der Waals surface area contributed by atoms with Crippen molar-refractivity contribution in [3.8, 4) is 5.75 Å². The Balaban J connectivity index is 1.89. The lowest BCUT2D eigenvalue weighted by molar-refractivity contribution is -0.124. The maximum Gasteiger partial charge on any atom is 0.412 e. The van der Waals surface area contributed by atoms with E-state index in [-0.39, 0.29) is 12.2 Å². The molecule has 0 aliphatic rings. The largest absolute Gasteiger partial charge is 0.507 e. The summed E-state index contributed by atoms with van der Waals surface area (Å²) in [6.45, 7) is 0. The summed E-state index contributed by atoms with van der Waals surface area (Å²) in [5, 5.41) is 22.8. The molecule has 0 saturated carbocycles. The molecule has 0 radical (unpaired) electrons. The van der Waals surface area contributed by atoms with Gasteiger partial charge in [-0.25, -0.2) is 10.3 Å². The second-order valence-electron chi connectivity index (χ2n) is 6.22. The average Bonchev–Trinajstić information content (AvgIpc) is 2.74.